The van der Waals surface area contributed by atoms with Crippen molar-refractivity contribution in [3.8, 4) is 5.75 Å². The zero-order valence-corrected chi connectivity index (χ0v) is 38.6. The summed E-state index contributed by atoms with van der Waals surface area (Å²) in [6, 6.07) is 2.04. The van der Waals surface area contributed by atoms with E-state index >= 15 is 4.39 Å². The number of benzene rings is 1. The average Bonchev–Trinajstić information content (AvgIpc) is 3.38. The summed E-state index contributed by atoms with van der Waals surface area (Å²) < 4.78 is 82.9. The third kappa shape index (κ3) is 12.8. The number of nitro benzene ring substituents is 2. The van der Waals surface area contributed by atoms with Gasteiger partial charge in [0.05, 0.1) is 55.6 Å². The van der Waals surface area contributed by atoms with Gasteiger partial charge in [0.2, 0.25) is 12.0 Å². The molecule has 7 rings (SSSR count). The van der Waals surface area contributed by atoms with Crippen molar-refractivity contribution < 1.29 is 153 Å². The Morgan fingerprint density at radius 1 is 0.493 bits per heavy atom. The fourth-order valence-electron chi connectivity index (χ4n) is 8.80. The summed E-state index contributed by atoms with van der Waals surface area (Å²) in [5.41, 5.74) is -1.75. The average molecular weight is 1100 g/mol. The van der Waals surface area contributed by atoms with Crippen LogP contribution in [0.1, 0.15) is 0 Å². The second-order valence-corrected chi connectivity index (χ2v) is 18.2. The molecule has 0 spiro atoms. The number of non-ortho nitro benzene ring substituents is 1. The van der Waals surface area contributed by atoms with Crippen LogP contribution in [0.2, 0.25) is 0 Å². The molecule has 35 heteroatoms. The number of aliphatic hydroxyl groups excluding tert-OH is 16. The maximum atomic E-state index is 16.0. The Hall–Kier alpha value is -3.33. The highest BCUT2D eigenvalue weighted by Gasteiger charge is 2.57. The van der Waals surface area contributed by atoms with Crippen molar-refractivity contribution in [3.63, 3.8) is 0 Å². The van der Waals surface area contributed by atoms with E-state index in [9.17, 15) is 102 Å². The fraction of sp³-hybridized carbons (Fsp3) is 0.850. The number of halogens is 1. The Morgan fingerprint density at radius 2 is 0.907 bits per heavy atom. The molecule has 34 nitrogen and oxygen atoms in total. The molecule has 428 valence electrons. The van der Waals surface area contributed by atoms with Crippen molar-refractivity contribution in [2.75, 3.05) is 39.6 Å². The van der Waals surface area contributed by atoms with Crippen molar-refractivity contribution >= 4 is 11.4 Å². The zero-order chi connectivity index (χ0) is 54.9. The number of hydrogen-bond donors (Lipinski definition) is 16. The van der Waals surface area contributed by atoms with Gasteiger partial charge >= 0.3 is 5.69 Å². The van der Waals surface area contributed by atoms with Gasteiger partial charge in [-0.1, -0.05) is 0 Å². The molecule has 0 bridgehead atoms. The molecule has 0 amide bonds. The largest absolute Gasteiger partial charge is 0.454 e. The number of ether oxygens (including phenoxy) is 12. The van der Waals surface area contributed by atoms with Crippen molar-refractivity contribution in [2.24, 2.45) is 0 Å². The van der Waals surface area contributed by atoms with Crippen LogP contribution in [0.4, 0.5) is 15.8 Å². The van der Waals surface area contributed by atoms with E-state index in [0.29, 0.717) is 6.07 Å². The van der Waals surface area contributed by atoms with Crippen LogP contribution in [-0.4, -0.2) is 303 Å². The first kappa shape index (κ1) is 59.3. The van der Waals surface area contributed by atoms with Gasteiger partial charge in [0.15, 0.2) is 37.6 Å². The van der Waals surface area contributed by atoms with Crippen molar-refractivity contribution in [1.82, 2.24) is 0 Å². The second-order valence-electron chi connectivity index (χ2n) is 18.2. The number of alkyl halides is 1. The molecule has 6 fully saturated rings. The van der Waals surface area contributed by atoms with Gasteiger partial charge in [-0.2, -0.15) is 0 Å². The summed E-state index contributed by atoms with van der Waals surface area (Å²) in [4.78, 5) is 20.9. The number of rotatable bonds is 18. The predicted molar refractivity (Wildman–Crippen MR) is 224 cm³/mol. The van der Waals surface area contributed by atoms with E-state index in [0.717, 1.165) is 12.1 Å². The fourth-order valence-corrected chi connectivity index (χ4v) is 8.80. The van der Waals surface area contributed by atoms with Gasteiger partial charge < -0.3 is 139 Å². The molecular weight excluding hydrogens is 1040 g/mol. The molecule has 28 unspecified atom stereocenters. The van der Waals surface area contributed by atoms with E-state index in [4.69, 9.17) is 56.8 Å². The second kappa shape index (κ2) is 25.2. The minimum absolute atomic E-state index is 0.503. The maximum absolute atomic E-state index is 16.0. The molecule has 1 aromatic carbocycles. The van der Waals surface area contributed by atoms with E-state index in [2.05, 4.69) is 0 Å². The van der Waals surface area contributed by atoms with E-state index in [-0.39, 0.29) is 0 Å². The Bertz CT molecular complexity index is 2040. The van der Waals surface area contributed by atoms with Crippen LogP contribution in [-0.2, 0) is 52.1 Å². The van der Waals surface area contributed by atoms with E-state index in [1.54, 1.807) is 0 Å². The summed E-state index contributed by atoms with van der Waals surface area (Å²) >= 11 is 0. The molecule has 1 aromatic rings. The maximum Gasteiger partial charge on any atom is 0.317 e. The first-order chi connectivity index (χ1) is 35.5. The third-order valence-corrected chi connectivity index (χ3v) is 13.1. The summed E-state index contributed by atoms with van der Waals surface area (Å²) in [7, 11) is 0. The summed E-state index contributed by atoms with van der Waals surface area (Å²) in [6.07, 6.45) is -56.3. The lowest BCUT2D eigenvalue weighted by Gasteiger charge is -2.49. The zero-order valence-electron chi connectivity index (χ0n) is 38.6. The Labute approximate surface area is 419 Å². The molecular formula is C40H59FN2O32. The van der Waals surface area contributed by atoms with Crippen LogP contribution in [0.3, 0.4) is 0 Å². The summed E-state index contributed by atoms with van der Waals surface area (Å²) in [5, 5.41) is 193. The van der Waals surface area contributed by atoms with Crippen LogP contribution in [0.5, 0.6) is 5.75 Å². The van der Waals surface area contributed by atoms with Crippen molar-refractivity contribution in [2.45, 2.75) is 172 Å². The van der Waals surface area contributed by atoms with Crippen LogP contribution in [0.25, 0.3) is 0 Å². The number of nitro groups is 2. The highest BCUT2D eigenvalue weighted by atomic mass is 19.1. The lowest BCUT2D eigenvalue weighted by molar-refractivity contribution is -0.396. The van der Waals surface area contributed by atoms with Gasteiger partial charge in [-0.15, -0.1) is 0 Å². The lowest BCUT2D eigenvalue weighted by atomic mass is 9.95. The molecule has 6 aliphatic rings. The monoisotopic (exact) mass is 1100 g/mol. The standard InChI is InChI=1S/C40H59FN2O32/c41-19-23(51)32(16(5-45)70-35(19)68-14-2-1-10(42(60)61)3-11(14)43(62)63)73-39-30(58)25(53)34(18(71-39)9-67-37-28(56)21(49)13(47)7-65-37)75-40-31(59)26(54)33(74-38-29(57)24(52)22(50)15(4-44)69-38)17(72-40)8-66-36-27(55)20(48)12(46)6-64-36/h1-3,12-13,15-40,44-59H,4-9H2. The van der Waals surface area contributed by atoms with Crippen molar-refractivity contribution in [3.05, 3.63) is 38.4 Å². The quantitative estimate of drug-likeness (QED) is 0.0479. The van der Waals surface area contributed by atoms with Crippen LogP contribution in [0, 0.1) is 20.2 Å². The Morgan fingerprint density at radius 3 is 1.35 bits per heavy atom. The van der Waals surface area contributed by atoms with E-state index < -0.39 is 239 Å². The lowest BCUT2D eigenvalue weighted by Crippen LogP contribution is -2.68. The normalized spacial score (nSPS) is 46.7. The molecule has 0 radical (unpaired) electrons. The van der Waals surface area contributed by atoms with Crippen LogP contribution < -0.4 is 4.74 Å². The molecule has 0 aliphatic carbocycles. The smallest absolute Gasteiger partial charge is 0.317 e. The highest BCUT2D eigenvalue weighted by molar-refractivity contribution is 5.53. The first-order valence-corrected chi connectivity index (χ1v) is 23.0. The summed E-state index contributed by atoms with van der Waals surface area (Å²) in [5.74, 6) is -0.758. The number of nitrogens with zero attached hydrogens (tertiary/aromatic N) is 2. The molecule has 16 N–H and O–H groups in total. The Kier molecular flexibility index (Phi) is 19.9. The van der Waals surface area contributed by atoms with E-state index in [1.165, 1.54) is 0 Å². The van der Waals surface area contributed by atoms with Crippen molar-refractivity contribution in [1.29, 1.82) is 0 Å². The minimum Gasteiger partial charge on any atom is -0.454 e. The van der Waals surface area contributed by atoms with Crippen LogP contribution >= 0.6 is 0 Å². The highest BCUT2D eigenvalue weighted by Crippen LogP contribution is 2.38. The van der Waals surface area contributed by atoms with Gasteiger partial charge in [0.1, 0.15) is 128 Å². The SMILES string of the molecule is O=[N+]([O-])c1ccc(OC2OC(CO)C(OC3OC(COC4OCC(O)C(O)C4O)C(OC4OC(COC5OCC(O)C(O)C5O)C(OC5OC(CO)C(O)C(O)C5O)C(O)C4O)C(O)C3O)C(O)C2F)c([N+](=O)[O-])c1. The van der Waals surface area contributed by atoms with Gasteiger partial charge in [-0.3, -0.25) is 20.2 Å². The molecule has 6 aliphatic heterocycles. The van der Waals surface area contributed by atoms with Gasteiger partial charge in [0.25, 0.3) is 5.69 Å². The van der Waals surface area contributed by atoms with Crippen LogP contribution in [0.15, 0.2) is 18.2 Å². The molecule has 6 heterocycles. The summed E-state index contributed by atoms with van der Waals surface area (Å²) in [6.45, 7) is -5.01. The molecule has 75 heavy (non-hydrogen) atoms. The minimum atomic E-state index is -2.72. The topological polar surface area (TPSA) is 521 Å². The number of hydrogen-bond acceptors (Lipinski definition) is 32. The first-order valence-electron chi connectivity index (χ1n) is 23.0. The molecule has 0 aromatic heterocycles. The molecule has 28 atom stereocenters. The van der Waals surface area contributed by atoms with Gasteiger partial charge in [0, 0.05) is 6.07 Å². The molecule has 6 saturated heterocycles. The predicted octanol–water partition coefficient (Wildman–Crippen LogP) is -9.94. The molecule has 0 saturated carbocycles. The number of aliphatic hydroxyl groups is 16. The van der Waals surface area contributed by atoms with Gasteiger partial charge in [-0.25, -0.2) is 4.39 Å². The third-order valence-electron chi connectivity index (χ3n) is 13.1. The van der Waals surface area contributed by atoms with E-state index in [1.807, 2.05) is 0 Å². The van der Waals surface area contributed by atoms with Gasteiger partial charge in [-0.05, 0) is 6.07 Å². The Balaban J connectivity index is 1.12.